The number of esters is 2. The van der Waals surface area contributed by atoms with Crippen LogP contribution >= 0.6 is 0 Å². The number of carboxylic acid groups (broad SMARTS) is 1. The standard InChI is InChI=1S/C23H28N2O5/c1-16(24)21(28)30-22(29)23(2,15-18-11-7-4-8-12-18)25-19(20(26)27)14-13-17-9-5-3-6-10-17/h3-12,16,19,25H,13-15,24H2,1-2H3,(H,26,27)/t16-,19?,23-/m0/s1. The average Bonchev–Trinajstić information content (AvgIpc) is 2.72. The summed E-state index contributed by atoms with van der Waals surface area (Å²) in [5.41, 5.74) is 5.85. The number of hydrogen-bond donors (Lipinski definition) is 3. The Balaban J connectivity index is 2.22. The molecule has 0 aromatic heterocycles. The monoisotopic (exact) mass is 412 g/mol. The Morgan fingerprint density at radius 2 is 1.57 bits per heavy atom. The number of carbonyl (C=O) groups excluding carboxylic acids is 2. The summed E-state index contributed by atoms with van der Waals surface area (Å²) in [6.07, 6.45) is 0.923. The Bertz CT molecular complexity index is 854. The minimum Gasteiger partial charge on any atom is -0.480 e. The van der Waals surface area contributed by atoms with E-state index in [1.54, 1.807) is 0 Å². The van der Waals surface area contributed by atoms with Crippen molar-refractivity contribution in [2.24, 2.45) is 5.73 Å². The predicted molar refractivity (Wildman–Crippen MR) is 113 cm³/mol. The molecule has 2 aromatic rings. The molecule has 3 atom stereocenters. The third-order valence-electron chi connectivity index (χ3n) is 4.77. The zero-order valence-corrected chi connectivity index (χ0v) is 17.2. The van der Waals surface area contributed by atoms with Gasteiger partial charge >= 0.3 is 17.9 Å². The first-order valence-corrected chi connectivity index (χ1v) is 9.81. The van der Waals surface area contributed by atoms with Crippen LogP contribution in [-0.2, 0) is 32.0 Å². The molecule has 1 unspecified atom stereocenters. The molecule has 0 amide bonds. The molecular formula is C23H28N2O5. The van der Waals surface area contributed by atoms with Crippen LogP contribution in [0.3, 0.4) is 0 Å². The van der Waals surface area contributed by atoms with Gasteiger partial charge in [-0.1, -0.05) is 60.7 Å². The van der Waals surface area contributed by atoms with Crippen LogP contribution in [0.2, 0.25) is 0 Å². The molecule has 160 valence electrons. The van der Waals surface area contributed by atoms with Gasteiger partial charge in [0.1, 0.15) is 17.6 Å². The SMILES string of the molecule is C[C@H](N)C(=O)OC(=O)[C@](C)(Cc1ccccc1)NC(CCc1ccccc1)C(=O)O. The minimum absolute atomic E-state index is 0.147. The zero-order chi connectivity index (χ0) is 22.1. The second-order valence-corrected chi connectivity index (χ2v) is 7.55. The highest BCUT2D eigenvalue weighted by molar-refractivity contribution is 5.93. The lowest BCUT2D eigenvalue weighted by Crippen LogP contribution is -2.59. The van der Waals surface area contributed by atoms with E-state index < -0.39 is 35.5 Å². The van der Waals surface area contributed by atoms with Gasteiger partial charge in [0.05, 0.1) is 0 Å². The van der Waals surface area contributed by atoms with Crippen molar-refractivity contribution in [2.75, 3.05) is 0 Å². The topological polar surface area (TPSA) is 119 Å². The predicted octanol–water partition coefficient (Wildman–Crippen LogP) is 2.08. The number of nitrogens with two attached hydrogens (primary N) is 1. The van der Waals surface area contributed by atoms with Crippen LogP contribution in [0.1, 0.15) is 31.4 Å². The molecule has 7 heteroatoms. The fourth-order valence-electron chi connectivity index (χ4n) is 3.08. The fourth-order valence-corrected chi connectivity index (χ4v) is 3.08. The van der Waals surface area contributed by atoms with Crippen molar-refractivity contribution in [1.82, 2.24) is 5.32 Å². The first-order valence-electron chi connectivity index (χ1n) is 9.81. The Kier molecular flexibility index (Phi) is 8.26. The van der Waals surface area contributed by atoms with Gasteiger partial charge in [0.15, 0.2) is 0 Å². The molecular weight excluding hydrogens is 384 g/mol. The Morgan fingerprint density at radius 3 is 2.07 bits per heavy atom. The molecule has 0 aliphatic heterocycles. The van der Waals surface area contributed by atoms with Crippen LogP contribution < -0.4 is 11.1 Å². The summed E-state index contributed by atoms with van der Waals surface area (Å²) < 4.78 is 4.93. The lowest BCUT2D eigenvalue weighted by Gasteiger charge is -2.31. The molecule has 2 aromatic carbocycles. The van der Waals surface area contributed by atoms with E-state index in [2.05, 4.69) is 5.32 Å². The van der Waals surface area contributed by atoms with E-state index in [-0.39, 0.29) is 12.8 Å². The van der Waals surface area contributed by atoms with Gasteiger partial charge in [0.2, 0.25) is 0 Å². The number of ether oxygens (including phenoxy) is 1. The van der Waals surface area contributed by atoms with Gasteiger partial charge in [-0.15, -0.1) is 0 Å². The molecule has 0 heterocycles. The number of hydrogen-bond acceptors (Lipinski definition) is 6. The number of carbonyl (C=O) groups is 3. The van der Waals surface area contributed by atoms with Crippen molar-refractivity contribution in [2.45, 2.75) is 50.7 Å². The molecule has 2 rings (SSSR count). The van der Waals surface area contributed by atoms with Crippen molar-refractivity contribution in [3.8, 4) is 0 Å². The second-order valence-electron chi connectivity index (χ2n) is 7.55. The molecule has 0 spiro atoms. The molecule has 4 N–H and O–H groups in total. The van der Waals surface area contributed by atoms with E-state index in [0.29, 0.717) is 6.42 Å². The number of aryl methyl sites for hydroxylation is 1. The van der Waals surface area contributed by atoms with E-state index in [9.17, 15) is 19.5 Å². The summed E-state index contributed by atoms with van der Waals surface area (Å²) in [6, 6.07) is 16.6. The maximum absolute atomic E-state index is 12.9. The highest BCUT2D eigenvalue weighted by atomic mass is 16.6. The normalized spacial score (nSPS) is 14.9. The van der Waals surface area contributed by atoms with Crippen LogP contribution in [0.25, 0.3) is 0 Å². The van der Waals surface area contributed by atoms with Crippen molar-refractivity contribution >= 4 is 17.9 Å². The van der Waals surface area contributed by atoms with Gasteiger partial charge in [-0.05, 0) is 37.8 Å². The lowest BCUT2D eigenvalue weighted by molar-refractivity contribution is -0.165. The van der Waals surface area contributed by atoms with E-state index in [0.717, 1.165) is 11.1 Å². The minimum atomic E-state index is -1.44. The van der Waals surface area contributed by atoms with Crippen molar-refractivity contribution in [3.63, 3.8) is 0 Å². The smallest absolute Gasteiger partial charge is 0.334 e. The number of aliphatic carboxylic acids is 1. The summed E-state index contributed by atoms with van der Waals surface area (Å²) in [6.45, 7) is 2.95. The first-order chi connectivity index (χ1) is 14.2. The van der Waals surface area contributed by atoms with Gasteiger partial charge < -0.3 is 15.6 Å². The lowest BCUT2D eigenvalue weighted by atomic mass is 9.90. The number of rotatable bonds is 10. The summed E-state index contributed by atoms with van der Waals surface area (Å²) in [4.78, 5) is 36.6. The van der Waals surface area contributed by atoms with Crippen LogP contribution in [-0.4, -0.2) is 40.6 Å². The van der Waals surface area contributed by atoms with E-state index in [1.807, 2.05) is 60.7 Å². The van der Waals surface area contributed by atoms with Gasteiger partial charge in [0.25, 0.3) is 0 Å². The quantitative estimate of drug-likeness (QED) is 0.404. The molecule has 0 fully saturated rings. The third-order valence-corrected chi connectivity index (χ3v) is 4.77. The average molecular weight is 412 g/mol. The van der Waals surface area contributed by atoms with Crippen molar-refractivity contribution < 1.29 is 24.2 Å². The van der Waals surface area contributed by atoms with E-state index in [4.69, 9.17) is 10.5 Å². The molecule has 0 bridgehead atoms. The van der Waals surface area contributed by atoms with Gasteiger partial charge in [-0.3, -0.25) is 10.1 Å². The van der Waals surface area contributed by atoms with Crippen LogP contribution in [0.4, 0.5) is 0 Å². The Hall–Kier alpha value is -3.03. The summed E-state index contributed by atoms with van der Waals surface area (Å²) in [5, 5.41) is 12.7. The molecule has 30 heavy (non-hydrogen) atoms. The number of nitrogens with one attached hydrogen (secondary N) is 1. The molecule has 0 aliphatic rings. The maximum Gasteiger partial charge on any atom is 0.334 e. The highest BCUT2D eigenvalue weighted by Crippen LogP contribution is 2.18. The summed E-state index contributed by atoms with van der Waals surface area (Å²) in [5.74, 6) is -2.81. The Labute approximate surface area is 176 Å². The summed E-state index contributed by atoms with van der Waals surface area (Å²) in [7, 11) is 0. The fraction of sp³-hybridized carbons (Fsp3) is 0.348. The summed E-state index contributed by atoms with van der Waals surface area (Å²) >= 11 is 0. The highest BCUT2D eigenvalue weighted by Gasteiger charge is 2.40. The largest absolute Gasteiger partial charge is 0.480 e. The van der Waals surface area contributed by atoms with Crippen molar-refractivity contribution in [3.05, 3.63) is 71.8 Å². The Morgan fingerprint density at radius 1 is 1.03 bits per heavy atom. The molecule has 0 saturated heterocycles. The van der Waals surface area contributed by atoms with Crippen LogP contribution in [0.5, 0.6) is 0 Å². The molecule has 0 radical (unpaired) electrons. The third kappa shape index (κ3) is 6.79. The van der Waals surface area contributed by atoms with Crippen LogP contribution in [0, 0.1) is 0 Å². The zero-order valence-electron chi connectivity index (χ0n) is 17.2. The van der Waals surface area contributed by atoms with Gasteiger partial charge in [0, 0.05) is 6.42 Å². The number of benzene rings is 2. The first kappa shape index (κ1) is 23.3. The molecule has 0 saturated carbocycles. The van der Waals surface area contributed by atoms with E-state index in [1.165, 1.54) is 13.8 Å². The van der Waals surface area contributed by atoms with Crippen LogP contribution in [0.15, 0.2) is 60.7 Å². The van der Waals surface area contributed by atoms with Gasteiger partial charge in [-0.2, -0.15) is 0 Å². The molecule has 7 nitrogen and oxygen atoms in total. The van der Waals surface area contributed by atoms with E-state index >= 15 is 0 Å². The molecule has 0 aliphatic carbocycles. The number of carboxylic acids is 1. The van der Waals surface area contributed by atoms with Gasteiger partial charge in [-0.25, -0.2) is 9.59 Å². The second kappa shape index (κ2) is 10.7. The maximum atomic E-state index is 12.9. The van der Waals surface area contributed by atoms with Crippen molar-refractivity contribution in [1.29, 1.82) is 0 Å².